The predicted octanol–water partition coefficient (Wildman–Crippen LogP) is 31.7. The third-order valence-electron chi connectivity index (χ3n) is 26.1. The summed E-state index contributed by atoms with van der Waals surface area (Å²) in [5, 5.41) is 4.39. The van der Waals surface area contributed by atoms with Gasteiger partial charge in [-0.15, -0.1) is 0 Å². The quantitative estimate of drug-likeness (QED) is 0.103. The van der Waals surface area contributed by atoms with Gasteiger partial charge in [0, 0.05) is 78.2 Å². The molecule has 592 valence electrons. The van der Waals surface area contributed by atoms with Gasteiger partial charge >= 0.3 is 0 Å². The average Bonchev–Trinajstić information content (AvgIpc) is 1.55. The topological polar surface area (TPSA) is 42.6 Å². The maximum atomic E-state index is 6.94. The second-order valence-corrected chi connectivity index (χ2v) is 32.8. The van der Waals surface area contributed by atoms with Gasteiger partial charge in [0.1, 0.15) is 22.2 Å². The number of fused-ring (bicyclic) bond motifs is 16. The summed E-state index contributed by atoms with van der Waals surface area (Å²) in [5.74, 6) is 0. The van der Waals surface area contributed by atoms with Crippen LogP contribution in [-0.4, -0.2) is 9.13 Å². The Bertz CT molecular complexity index is 7960. The van der Waals surface area contributed by atoms with Crippen molar-refractivity contribution < 1.29 is 8.83 Å². The molecule has 23 aromatic rings. The first kappa shape index (κ1) is 73.4. The fraction of sp³-hybridized carbons (Fsp3) is 0.0167. The smallest absolute Gasteiger partial charge is 0.161 e. The summed E-state index contributed by atoms with van der Waals surface area (Å²) in [5.41, 5.74) is 37.7. The first-order valence-corrected chi connectivity index (χ1v) is 43.3. The monoisotopic (exact) mass is 1610 g/mol. The van der Waals surface area contributed by atoms with Gasteiger partial charge < -0.3 is 27.8 Å². The van der Waals surface area contributed by atoms with Gasteiger partial charge in [-0.3, -0.25) is 0 Å². The van der Waals surface area contributed by atoms with Crippen LogP contribution in [0.1, 0.15) is 44.5 Å². The van der Waals surface area contributed by atoms with E-state index in [1.54, 1.807) is 0 Å². The predicted molar refractivity (Wildman–Crippen MR) is 521 cm³/mol. The molecule has 0 saturated carbocycles. The molecule has 0 bridgehead atoms. The molecule has 0 amide bonds. The Morgan fingerprint density at radius 2 is 0.452 bits per heavy atom. The molecule has 0 aliphatic heterocycles. The van der Waals surface area contributed by atoms with E-state index in [1.165, 1.54) is 77.9 Å². The largest absolute Gasteiger partial charge is 0.453 e. The van der Waals surface area contributed by atoms with Gasteiger partial charge in [-0.25, -0.2) is 0 Å². The molecular formula is C120H80N4O2. The first-order chi connectivity index (χ1) is 62.5. The zero-order valence-electron chi connectivity index (χ0n) is 68.8. The molecule has 19 aromatic carbocycles. The molecule has 4 aromatic heterocycles. The van der Waals surface area contributed by atoms with Crippen LogP contribution in [0, 0.1) is 0 Å². The number of para-hydroxylation sites is 7. The average molecular weight is 1610 g/mol. The number of nitrogens with zero attached hydrogens (tertiary/aromatic N) is 4. The van der Waals surface area contributed by atoms with E-state index < -0.39 is 10.8 Å². The minimum atomic E-state index is -0.518. The number of hydrogen-bond donors (Lipinski definition) is 0. The van der Waals surface area contributed by atoms with Crippen LogP contribution in [0.5, 0.6) is 0 Å². The molecule has 0 fully saturated rings. The SMILES string of the molecule is c1ccc(-c2ccc(N(c3ccc(-c4cccc5c4oc4c6ccccc6n(-c6ccccc6)c54)cc3)c3cccc(C4(c5ccccc5)c5ccccc5-c5ccccc54)c3)cc2)cc1.c1ccc(N(c2ccc(-c3cccc4c3oc3c5ccccc5n(-c5ccccc5)c43)cc2)c2cccc(C3(c4ccccc4)c4ccccc4-c4ccccc43)c2)cc1. The van der Waals surface area contributed by atoms with Gasteiger partial charge in [-0.1, -0.05) is 352 Å². The Labute approximate surface area is 730 Å². The lowest BCUT2D eigenvalue weighted by Crippen LogP contribution is -2.28. The summed E-state index contributed by atoms with van der Waals surface area (Å²) >= 11 is 0. The van der Waals surface area contributed by atoms with Crippen molar-refractivity contribution in [2.45, 2.75) is 10.8 Å². The first-order valence-electron chi connectivity index (χ1n) is 43.3. The summed E-state index contributed by atoms with van der Waals surface area (Å²) < 4.78 is 18.5. The van der Waals surface area contributed by atoms with Crippen LogP contribution >= 0.6 is 0 Å². The molecule has 0 spiro atoms. The number of rotatable bonds is 15. The van der Waals surface area contributed by atoms with Crippen LogP contribution in [0.15, 0.2) is 494 Å². The van der Waals surface area contributed by atoms with E-state index >= 15 is 0 Å². The highest BCUT2D eigenvalue weighted by Gasteiger charge is 2.48. The highest BCUT2D eigenvalue weighted by molar-refractivity contribution is 6.20. The molecule has 2 aliphatic carbocycles. The van der Waals surface area contributed by atoms with Crippen molar-refractivity contribution in [2.75, 3.05) is 9.80 Å². The van der Waals surface area contributed by atoms with Crippen molar-refractivity contribution in [3.63, 3.8) is 0 Å². The van der Waals surface area contributed by atoms with Gasteiger partial charge in [-0.2, -0.15) is 0 Å². The summed E-state index contributed by atoms with van der Waals surface area (Å²) in [6.45, 7) is 0. The summed E-state index contributed by atoms with van der Waals surface area (Å²) in [6, 6.07) is 176. The van der Waals surface area contributed by atoms with Crippen LogP contribution in [0.25, 0.3) is 133 Å². The van der Waals surface area contributed by atoms with E-state index in [9.17, 15) is 0 Å². The number of benzene rings is 19. The Morgan fingerprint density at radius 3 is 0.841 bits per heavy atom. The molecule has 0 saturated heterocycles. The van der Waals surface area contributed by atoms with Crippen molar-refractivity contribution in [3.05, 3.63) is 530 Å². The molecule has 25 rings (SSSR count). The maximum Gasteiger partial charge on any atom is 0.161 e. The lowest BCUT2D eigenvalue weighted by molar-refractivity contribution is 0.673. The van der Waals surface area contributed by atoms with Crippen LogP contribution in [0.2, 0.25) is 0 Å². The molecule has 4 heterocycles. The molecule has 0 unspecified atom stereocenters. The zero-order chi connectivity index (χ0) is 83.2. The lowest BCUT2D eigenvalue weighted by Gasteiger charge is -2.35. The van der Waals surface area contributed by atoms with Gasteiger partial charge in [0.25, 0.3) is 0 Å². The number of furan rings is 2. The van der Waals surface area contributed by atoms with Gasteiger partial charge in [0.15, 0.2) is 11.2 Å². The van der Waals surface area contributed by atoms with Crippen LogP contribution in [-0.2, 0) is 10.8 Å². The molecule has 0 N–H and O–H groups in total. The van der Waals surface area contributed by atoms with Crippen LogP contribution < -0.4 is 9.80 Å². The normalized spacial score (nSPS) is 12.7. The molecule has 6 heteroatoms. The minimum Gasteiger partial charge on any atom is -0.453 e. The van der Waals surface area contributed by atoms with E-state index in [0.717, 1.165) is 134 Å². The summed E-state index contributed by atoms with van der Waals surface area (Å²) in [6.07, 6.45) is 0. The van der Waals surface area contributed by atoms with Crippen molar-refractivity contribution in [3.8, 4) is 67.0 Å². The van der Waals surface area contributed by atoms with Crippen molar-refractivity contribution in [1.29, 1.82) is 0 Å². The second kappa shape index (κ2) is 30.3. The van der Waals surface area contributed by atoms with E-state index in [1.807, 2.05) is 0 Å². The number of hydrogen-bond acceptors (Lipinski definition) is 4. The third-order valence-corrected chi connectivity index (χ3v) is 26.1. The zero-order valence-corrected chi connectivity index (χ0v) is 68.8. The van der Waals surface area contributed by atoms with Gasteiger partial charge in [0.05, 0.1) is 21.9 Å². The number of anilines is 6. The maximum absolute atomic E-state index is 6.94. The molecule has 2 aliphatic rings. The molecule has 6 nitrogen and oxygen atoms in total. The van der Waals surface area contributed by atoms with E-state index in [0.29, 0.717) is 0 Å². The van der Waals surface area contributed by atoms with Crippen LogP contribution in [0.4, 0.5) is 34.1 Å². The van der Waals surface area contributed by atoms with Crippen LogP contribution in [0.3, 0.4) is 0 Å². The molecule has 126 heavy (non-hydrogen) atoms. The Hall–Kier alpha value is -16.5. The molecular weight excluding hydrogens is 1530 g/mol. The fourth-order valence-electron chi connectivity index (χ4n) is 20.8. The lowest BCUT2D eigenvalue weighted by atomic mass is 9.67. The van der Waals surface area contributed by atoms with Gasteiger partial charge in [0.2, 0.25) is 0 Å². The Balaban J connectivity index is 0.000000142. The second-order valence-electron chi connectivity index (χ2n) is 32.8. The third kappa shape index (κ3) is 11.6. The Morgan fingerprint density at radius 1 is 0.183 bits per heavy atom. The van der Waals surface area contributed by atoms with Crippen molar-refractivity contribution in [2.24, 2.45) is 0 Å². The van der Waals surface area contributed by atoms with Crippen molar-refractivity contribution in [1.82, 2.24) is 9.13 Å². The number of aromatic nitrogens is 2. The standard InChI is InChI=1S/C63H42N2O.C57H38N2O/c1-4-18-43(19-5-1)44-34-38-49(39-35-44)64(51-25-16-22-47(42-51)63(46-20-6-2-7-21-46)57-31-13-10-26-53(57)54-27-11-14-32-58(54)63)50-40-36-45(37-41-50)52-29-17-30-56-60-62(66-61(52)56)55-28-12-15-33-59(55)65(60)48-23-8-3-9-24-48;1-4-18-40(19-5-1)57(51-31-13-10-26-47(51)48-27-11-14-32-52(48)57)41-20-16-25-45(38-41)58(42-21-6-2-7-22-42)44-36-34-39(35-37-44)46-29-17-30-50-54-56(60-55(46)50)49-28-12-15-33-53(49)59(54)43-23-8-3-9-24-43/h1-42H;1-38H. The van der Waals surface area contributed by atoms with Gasteiger partial charge in [-0.05, 0) is 222 Å². The fourth-order valence-corrected chi connectivity index (χ4v) is 20.8. The van der Waals surface area contributed by atoms with E-state index in [-0.39, 0.29) is 0 Å². The highest BCUT2D eigenvalue weighted by atomic mass is 16.3. The Kier molecular flexibility index (Phi) is 17.6. The molecule has 0 radical (unpaired) electrons. The molecule has 0 atom stereocenters. The summed E-state index contributed by atoms with van der Waals surface area (Å²) in [7, 11) is 0. The van der Waals surface area contributed by atoms with E-state index in [4.69, 9.17) is 8.83 Å². The minimum absolute atomic E-state index is 0.491. The highest BCUT2D eigenvalue weighted by Crippen LogP contribution is 2.59. The van der Waals surface area contributed by atoms with Crippen molar-refractivity contribution >= 4 is 100 Å². The van der Waals surface area contributed by atoms with E-state index in [2.05, 4.69) is 504 Å². The summed E-state index contributed by atoms with van der Waals surface area (Å²) in [4.78, 5) is 4.76.